The minimum Gasteiger partial charge on any atom is -0.466 e. The molecule has 1 amide bonds. The molecule has 2 atom stereocenters. The molecule has 0 aliphatic carbocycles. The van der Waals surface area contributed by atoms with Crippen molar-refractivity contribution < 1.29 is 18.7 Å². The van der Waals surface area contributed by atoms with E-state index in [0.717, 1.165) is 5.56 Å². The third-order valence-corrected chi connectivity index (χ3v) is 5.73. The highest BCUT2D eigenvalue weighted by Crippen LogP contribution is 2.41. The van der Waals surface area contributed by atoms with Crippen molar-refractivity contribution in [3.05, 3.63) is 59.5 Å². The lowest BCUT2D eigenvalue weighted by Gasteiger charge is -2.25. The normalized spacial score (nSPS) is 19.8. The lowest BCUT2D eigenvalue weighted by atomic mass is 10.0. The third kappa shape index (κ3) is 3.96. The summed E-state index contributed by atoms with van der Waals surface area (Å²) in [5.74, 6) is 1.08. The Morgan fingerprint density at radius 3 is 2.58 bits per heavy atom. The van der Waals surface area contributed by atoms with Crippen molar-refractivity contribution in [3.63, 3.8) is 0 Å². The SMILES string of the molecule is CC(=O)N1[C@H](C(=O)OCc2ccc(C(C)C)cc2)CS[C@H]1c1ccco1. The Kier molecular flexibility index (Phi) is 5.71. The van der Waals surface area contributed by atoms with Crippen LogP contribution in [0.3, 0.4) is 0 Å². The second-order valence-corrected chi connectivity index (χ2v) is 7.76. The highest BCUT2D eigenvalue weighted by molar-refractivity contribution is 7.99. The summed E-state index contributed by atoms with van der Waals surface area (Å²) in [6.45, 7) is 5.94. The Morgan fingerprint density at radius 2 is 2.00 bits per heavy atom. The van der Waals surface area contributed by atoms with E-state index >= 15 is 0 Å². The summed E-state index contributed by atoms with van der Waals surface area (Å²) in [5.41, 5.74) is 2.18. The maximum Gasteiger partial charge on any atom is 0.330 e. The first-order chi connectivity index (χ1) is 12.5. The maximum atomic E-state index is 12.6. The van der Waals surface area contributed by atoms with Crippen LogP contribution in [-0.2, 0) is 20.9 Å². The molecule has 1 fully saturated rings. The van der Waals surface area contributed by atoms with E-state index in [-0.39, 0.29) is 23.9 Å². The predicted molar refractivity (Wildman–Crippen MR) is 101 cm³/mol. The minimum atomic E-state index is -0.595. The molecule has 3 rings (SSSR count). The van der Waals surface area contributed by atoms with Gasteiger partial charge in [-0.2, -0.15) is 0 Å². The second kappa shape index (κ2) is 7.99. The Labute approximate surface area is 157 Å². The highest BCUT2D eigenvalue weighted by atomic mass is 32.2. The van der Waals surface area contributed by atoms with Crippen molar-refractivity contribution in [2.45, 2.75) is 44.7 Å². The molecule has 0 unspecified atom stereocenters. The molecule has 1 aliphatic heterocycles. The zero-order valence-electron chi connectivity index (χ0n) is 15.2. The van der Waals surface area contributed by atoms with Gasteiger partial charge in [0.25, 0.3) is 0 Å². The number of furan rings is 1. The van der Waals surface area contributed by atoms with Gasteiger partial charge in [0, 0.05) is 12.7 Å². The predicted octanol–water partition coefficient (Wildman–Crippen LogP) is 4.11. The van der Waals surface area contributed by atoms with E-state index in [1.165, 1.54) is 24.2 Å². The fourth-order valence-electron chi connectivity index (χ4n) is 2.97. The number of rotatable bonds is 5. The van der Waals surface area contributed by atoms with Crippen molar-refractivity contribution in [2.24, 2.45) is 0 Å². The molecule has 0 N–H and O–H groups in total. The van der Waals surface area contributed by atoms with Gasteiger partial charge in [0.1, 0.15) is 23.8 Å². The summed E-state index contributed by atoms with van der Waals surface area (Å²) in [6, 6.07) is 11.0. The number of carbonyl (C=O) groups is 2. The van der Waals surface area contributed by atoms with E-state index in [4.69, 9.17) is 9.15 Å². The molecule has 138 valence electrons. The Balaban J connectivity index is 1.64. The van der Waals surface area contributed by atoms with Crippen LogP contribution in [0.25, 0.3) is 0 Å². The summed E-state index contributed by atoms with van der Waals surface area (Å²) in [4.78, 5) is 26.2. The number of hydrogen-bond acceptors (Lipinski definition) is 5. The van der Waals surface area contributed by atoms with Gasteiger partial charge in [0.05, 0.1) is 6.26 Å². The molecule has 0 radical (unpaired) electrons. The number of carbonyl (C=O) groups excluding carboxylic acids is 2. The molecule has 5 nitrogen and oxygen atoms in total. The molecule has 0 bridgehead atoms. The fraction of sp³-hybridized carbons (Fsp3) is 0.400. The Morgan fingerprint density at radius 1 is 1.27 bits per heavy atom. The summed E-state index contributed by atoms with van der Waals surface area (Å²) >= 11 is 1.51. The van der Waals surface area contributed by atoms with Crippen molar-refractivity contribution in [1.29, 1.82) is 0 Å². The Bertz CT molecular complexity index is 755. The first-order valence-electron chi connectivity index (χ1n) is 8.66. The summed E-state index contributed by atoms with van der Waals surface area (Å²) in [5, 5.41) is -0.287. The first kappa shape index (κ1) is 18.6. The van der Waals surface area contributed by atoms with Crippen LogP contribution in [0.2, 0.25) is 0 Å². The lowest BCUT2D eigenvalue weighted by molar-refractivity contribution is -0.154. The zero-order valence-corrected chi connectivity index (χ0v) is 16.0. The van der Waals surface area contributed by atoms with Gasteiger partial charge < -0.3 is 14.1 Å². The standard InChI is InChI=1S/C20H23NO4S/c1-13(2)16-8-6-15(7-9-16)11-25-20(23)17-12-26-19(21(17)14(3)22)18-5-4-10-24-18/h4-10,13,17,19H,11-12H2,1-3H3/t17-,19-/m0/s1. The number of esters is 1. The molecule has 6 heteroatoms. The molecule has 2 aromatic rings. The van der Waals surface area contributed by atoms with E-state index < -0.39 is 6.04 Å². The summed E-state index contributed by atoms with van der Waals surface area (Å²) in [6.07, 6.45) is 1.57. The van der Waals surface area contributed by atoms with Gasteiger partial charge in [-0.05, 0) is 29.2 Å². The molecule has 1 aromatic heterocycles. The molecule has 2 heterocycles. The van der Waals surface area contributed by atoms with E-state index in [2.05, 4.69) is 13.8 Å². The van der Waals surface area contributed by atoms with Crippen LogP contribution in [0, 0.1) is 0 Å². The van der Waals surface area contributed by atoms with Crippen molar-refractivity contribution in [1.82, 2.24) is 4.90 Å². The van der Waals surface area contributed by atoms with Crippen molar-refractivity contribution >= 4 is 23.6 Å². The van der Waals surface area contributed by atoms with Crippen LogP contribution < -0.4 is 0 Å². The van der Waals surface area contributed by atoms with Gasteiger partial charge in [-0.25, -0.2) is 4.79 Å². The van der Waals surface area contributed by atoms with Gasteiger partial charge in [-0.3, -0.25) is 4.79 Å². The average molecular weight is 373 g/mol. The molecule has 1 aliphatic rings. The molecule has 1 aromatic carbocycles. The number of ether oxygens (including phenoxy) is 1. The highest BCUT2D eigenvalue weighted by Gasteiger charge is 2.43. The molecular formula is C20H23NO4S. The van der Waals surface area contributed by atoms with Gasteiger partial charge in [-0.1, -0.05) is 38.1 Å². The molecule has 0 saturated carbocycles. The number of hydrogen-bond donors (Lipinski definition) is 0. The van der Waals surface area contributed by atoms with Gasteiger partial charge in [0.2, 0.25) is 5.91 Å². The number of thioether (sulfide) groups is 1. The molecule has 26 heavy (non-hydrogen) atoms. The largest absolute Gasteiger partial charge is 0.466 e. The topological polar surface area (TPSA) is 59.8 Å². The van der Waals surface area contributed by atoms with Crippen LogP contribution in [-0.4, -0.2) is 28.6 Å². The zero-order chi connectivity index (χ0) is 18.7. The summed E-state index contributed by atoms with van der Waals surface area (Å²) < 4.78 is 10.9. The van der Waals surface area contributed by atoms with Crippen LogP contribution in [0.15, 0.2) is 47.1 Å². The summed E-state index contributed by atoms with van der Waals surface area (Å²) in [7, 11) is 0. The van der Waals surface area contributed by atoms with Crippen molar-refractivity contribution in [3.8, 4) is 0 Å². The second-order valence-electron chi connectivity index (χ2n) is 6.65. The third-order valence-electron chi connectivity index (χ3n) is 4.45. The smallest absolute Gasteiger partial charge is 0.330 e. The number of amides is 1. The van der Waals surface area contributed by atoms with E-state index in [0.29, 0.717) is 17.4 Å². The minimum absolute atomic E-state index is 0.167. The quantitative estimate of drug-likeness (QED) is 0.738. The van der Waals surface area contributed by atoms with Gasteiger partial charge in [0.15, 0.2) is 0 Å². The maximum absolute atomic E-state index is 12.6. The first-order valence-corrected chi connectivity index (χ1v) is 9.71. The molecular weight excluding hydrogens is 350 g/mol. The van der Waals surface area contributed by atoms with E-state index in [1.807, 2.05) is 30.3 Å². The van der Waals surface area contributed by atoms with Crippen LogP contribution in [0.4, 0.5) is 0 Å². The van der Waals surface area contributed by atoms with Gasteiger partial charge in [-0.15, -0.1) is 11.8 Å². The van der Waals surface area contributed by atoms with Crippen molar-refractivity contribution in [2.75, 3.05) is 5.75 Å². The van der Waals surface area contributed by atoms with E-state index in [9.17, 15) is 9.59 Å². The van der Waals surface area contributed by atoms with Gasteiger partial charge >= 0.3 is 5.97 Å². The van der Waals surface area contributed by atoms with Crippen LogP contribution >= 0.6 is 11.8 Å². The lowest BCUT2D eigenvalue weighted by Crippen LogP contribution is -2.42. The van der Waals surface area contributed by atoms with Crippen LogP contribution in [0.5, 0.6) is 0 Å². The molecule has 1 saturated heterocycles. The van der Waals surface area contributed by atoms with E-state index in [1.54, 1.807) is 17.2 Å². The number of nitrogens with zero attached hydrogens (tertiary/aromatic N) is 1. The fourth-order valence-corrected chi connectivity index (χ4v) is 4.39. The molecule has 0 spiro atoms. The Hall–Kier alpha value is -2.21. The monoisotopic (exact) mass is 373 g/mol. The number of benzene rings is 1. The average Bonchev–Trinajstić information content (AvgIpc) is 3.28. The van der Waals surface area contributed by atoms with Crippen LogP contribution in [0.1, 0.15) is 49.0 Å².